The van der Waals surface area contributed by atoms with E-state index in [4.69, 9.17) is 4.42 Å². The number of hydrogen-bond donors (Lipinski definition) is 1. The molecule has 96 valence electrons. The van der Waals surface area contributed by atoms with Crippen LogP contribution in [-0.4, -0.2) is 29.2 Å². The van der Waals surface area contributed by atoms with Crippen molar-refractivity contribution in [2.75, 3.05) is 19.4 Å². The number of benzene rings is 1. The number of nitrogens with one attached hydrogen (secondary N) is 1. The fraction of sp³-hybridized carbons (Fsp3) is 0.385. The van der Waals surface area contributed by atoms with E-state index in [9.17, 15) is 0 Å². The van der Waals surface area contributed by atoms with Crippen molar-refractivity contribution < 1.29 is 4.42 Å². The Bertz CT molecular complexity index is 481. The van der Waals surface area contributed by atoms with E-state index in [0.717, 1.165) is 0 Å². The predicted octanol–water partition coefficient (Wildman–Crippen LogP) is 2.30. The molecule has 2 aromatic rings. The normalized spacial score (nSPS) is 12.7. The van der Waals surface area contributed by atoms with Crippen LogP contribution in [0.4, 0.5) is 6.01 Å². The lowest BCUT2D eigenvalue weighted by molar-refractivity contribution is 0.344. The van der Waals surface area contributed by atoms with Crippen LogP contribution in [0.3, 0.4) is 0 Å². The van der Waals surface area contributed by atoms with Crippen LogP contribution in [0.2, 0.25) is 0 Å². The van der Waals surface area contributed by atoms with Crippen molar-refractivity contribution in [1.82, 2.24) is 15.1 Å². The second-order valence-corrected chi connectivity index (χ2v) is 4.52. The lowest BCUT2D eigenvalue weighted by Gasteiger charge is -2.11. The zero-order valence-electron chi connectivity index (χ0n) is 10.9. The van der Waals surface area contributed by atoms with Crippen molar-refractivity contribution in [1.29, 1.82) is 0 Å². The van der Waals surface area contributed by atoms with Gasteiger partial charge in [-0.25, -0.2) is 0 Å². The van der Waals surface area contributed by atoms with Crippen LogP contribution in [0.1, 0.15) is 24.4 Å². The van der Waals surface area contributed by atoms with Gasteiger partial charge in [-0.05, 0) is 26.6 Å². The maximum absolute atomic E-state index is 5.51. The highest BCUT2D eigenvalue weighted by molar-refractivity contribution is 5.28. The molecule has 0 radical (unpaired) electrons. The zero-order chi connectivity index (χ0) is 13.0. The Labute approximate surface area is 107 Å². The lowest BCUT2D eigenvalue weighted by atomic mass is 10.1. The Hall–Kier alpha value is -1.88. The van der Waals surface area contributed by atoms with Gasteiger partial charge in [0, 0.05) is 0 Å². The minimum absolute atomic E-state index is 0.138. The van der Waals surface area contributed by atoms with Crippen LogP contribution in [0.15, 0.2) is 34.7 Å². The largest absolute Gasteiger partial charge is 0.407 e. The summed E-state index contributed by atoms with van der Waals surface area (Å²) in [5, 5.41) is 11.2. The highest BCUT2D eigenvalue weighted by atomic mass is 16.4. The van der Waals surface area contributed by atoms with Crippen LogP contribution < -0.4 is 5.32 Å². The maximum Gasteiger partial charge on any atom is 0.315 e. The molecule has 1 heterocycles. The van der Waals surface area contributed by atoms with E-state index in [-0.39, 0.29) is 6.04 Å². The molecule has 1 N–H and O–H groups in total. The highest BCUT2D eigenvalue weighted by Gasteiger charge is 2.10. The summed E-state index contributed by atoms with van der Waals surface area (Å²) < 4.78 is 5.51. The third-order valence-corrected chi connectivity index (χ3v) is 2.56. The Kier molecular flexibility index (Phi) is 3.94. The molecule has 1 atom stereocenters. The number of aromatic nitrogens is 2. The molecule has 0 saturated heterocycles. The molecular weight excluding hydrogens is 228 g/mol. The fourth-order valence-electron chi connectivity index (χ4n) is 1.66. The molecule has 0 fully saturated rings. The topological polar surface area (TPSA) is 54.2 Å². The maximum atomic E-state index is 5.51. The van der Waals surface area contributed by atoms with E-state index >= 15 is 0 Å². The van der Waals surface area contributed by atoms with Gasteiger partial charge in [-0.15, -0.1) is 5.10 Å². The van der Waals surface area contributed by atoms with E-state index in [1.165, 1.54) is 5.56 Å². The van der Waals surface area contributed by atoms with Crippen molar-refractivity contribution >= 4 is 6.01 Å². The quantitative estimate of drug-likeness (QED) is 0.877. The molecule has 0 amide bonds. The smallest absolute Gasteiger partial charge is 0.315 e. The molecule has 0 aliphatic rings. The lowest BCUT2D eigenvalue weighted by Crippen LogP contribution is -2.10. The van der Waals surface area contributed by atoms with E-state index in [1.54, 1.807) is 0 Å². The Morgan fingerprint density at radius 1 is 1.22 bits per heavy atom. The van der Waals surface area contributed by atoms with Crippen molar-refractivity contribution in [3.8, 4) is 0 Å². The van der Waals surface area contributed by atoms with Crippen LogP contribution >= 0.6 is 0 Å². The standard InChI is InChI=1S/C13H18N4O/c1-10(11-7-5-4-6-8-11)14-13-16-15-12(18-13)9-17(2)3/h4-8,10H,9H2,1-3H3,(H,14,16)/t10-/m1/s1. The zero-order valence-corrected chi connectivity index (χ0v) is 10.9. The molecule has 5 heteroatoms. The van der Waals surface area contributed by atoms with Crippen LogP contribution in [0.5, 0.6) is 0 Å². The van der Waals surface area contributed by atoms with Crippen molar-refractivity contribution in [2.24, 2.45) is 0 Å². The summed E-state index contributed by atoms with van der Waals surface area (Å²) in [6.45, 7) is 2.71. The Morgan fingerprint density at radius 3 is 2.61 bits per heavy atom. The Balaban J connectivity index is 1.99. The first-order valence-corrected chi connectivity index (χ1v) is 5.94. The van der Waals surface area contributed by atoms with E-state index in [1.807, 2.05) is 37.2 Å². The molecule has 0 spiro atoms. The van der Waals surface area contributed by atoms with Crippen LogP contribution in [0, 0.1) is 0 Å². The van der Waals surface area contributed by atoms with Gasteiger partial charge < -0.3 is 14.6 Å². The van der Waals surface area contributed by atoms with Crippen LogP contribution in [-0.2, 0) is 6.54 Å². The van der Waals surface area contributed by atoms with E-state index in [0.29, 0.717) is 18.5 Å². The monoisotopic (exact) mass is 246 g/mol. The Morgan fingerprint density at radius 2 is 1.94 bits per heavy atom. The minimum atomic E-state index is 0.138. The molecule has 18 heavy (non-hydrogen) atoms. The number of anilines is 1. The summed E-state index contributed by atoms with van der Waals surface area (Å²) in [5.41, 5.74) is 1.19. The van der Waals surface area contributed by atoms with Crippen molar-refractivity contribution in [3.63, 3.8) is 0 Å². The highest BCUT2D eigenvalue weighted by Crippen LogP contribution is 2.17. The van der Waals surface area contributed by atoms with Gasteiger partial charge in [-0.3, -0.25) is 0 Å². The summed E-state index contributed by atoms with van der Waals surface area (Å²) in [6, 6.07) is 10.8. The third-order valence-electron chi connectivity index (χ3n) is 2.56. The van der Waals surface area contributed by atoms with Crippen LogP contribution in [0.25, 0.3) is 0 Å². The van der Waals surface area contributed by atoms with Crippen molar-refractivity contribution in [3.05, 3.63) is 41.8 Å². The van der Waals surface area contributed by atoms with Gasteiger partial charge in [-0.1, -0.05) is 35.4 Å². The van der Waals surface area contributed by atoms with Gasteiger partial charge in [0.25, 0.3) is 0 Å². The van der Waals surface area contributed by atoms with E-state index in [2.05, 4.69) is 34.6 Å². The molecule has 5 nitrogen and oxygen atoms in total. The second-order valence-electron chi connectivity index (χ2n) is 4.52. The van der Waals surface area contributed by atoms with Gasteiger partial charge in [-0.2, -0.15) is 0 Å². The fourth-order valence-corrected chi connectivity index (χ4v) is 1.66. The number of hydrogen-bond acceptors (Lipinski definition) is 5. The SMILES string of the molecule is C[C@@H](Nc1nnc(CN(C)C)o1)c1ccccc1. The summed E-state index contributed by atoms with van der Waals surface area (Å²) in [5.74, 6) is 0.614. The van der Waals surface area contributed by atoms with Gasteiger partial charge in [0.2, 0.25) is 5.89 Å². The first kappa shape index (κ1) is 12.6. The predicted molar refractivity (Wildman–Crippen MR) is 70.2 cm³/mol. The summed E-state index contributed by atoms with van der Waals surface area (Å²) in [6.07, 6.45) is 0. The average molecular weight is 246 g/mol. The van der Waals surface area contributed by atoms with Gasteiger partial charge in [0.1, 0.15) is 0 Å². The number of nitrogens with zero attached hydrogens (tertiary/aromatic N) is 3. The van der Waals surface area contributed by atoms with Gasteiger partial charge >= 0.3 is 6.01 Å². The molecule has 0 unspecified atom stereocenters. The first-order chi connectivity index (χ1) is 8.65. The summed E-state index contributed by atoms with van der Waals surface area (Å²) in [4.78, 5) is 1.98. The third kappa shape index (κ3) is 3.30. The molecule has 0 aliphatic heterocycles. The molecule has 1 aromatic carbocycles. The van der Waals surface area contributed by atoms with Crippen molar-refractivity contribution in [2.45, 2.75) is 19.5 Å². The van der Waals surface area contributed by atoms with E-state index < -0.39 is 0 Å². The van der Waals surface area contributed by atoms with Gasteiger partial charge in [0.05, 0.1) is 12.6 Å². The molecule has 0 bridgehead atoms. The molecule has 2 rings (SSSR count). The number of rotatable bonds is 5. The minimum Gasteiger partial charge on any atom is -0.407 e. The average Bonchev–Trinajstić information content (AvgIpc) is 2.76. The molecule has 0 aliphatic carbocycles. The molecular formula is C13H18N4O. The first-order valence-electron chi connectivity index (χ1n) is 5.94. The second kappa shape index (κ2) is 5.64. The summed E-state index contributed by atoms with van der Waals surface area (Å²) in [7, 11) is 3.92. The molecule has 1 aromatic heterocycles. The molecule has 0 saturated carbocycles. The van der Waals surface area contributed by atoms with Gasteiger partial charge in [0.15, 0.2) is 0 Å². The summed E-state index contributed by atoms with van der Waals surface area (Å²) >= 11 is 0.